The fraction of sp³-hybridized carbons (Fsp3) is 0.0698. The van der Waals surface area contributed by atoms with Crippen molar-refractivity contribution < 1.29 is 0 Å². The minimum atomic E-state index is -0.0647. The minimum absolute atomic E-state index is 0.0647. The molecule has 0 fully saturated rings. The summed E-state index contributed by atoms with van der Waals surface area (Å²) in [5.74, 6) is 0. The maximum absolute atomic E-state index is 4.74. The third-order valence-corrected chi connectivity index (χ3v) is 10.9. The lowest BCUT2D eigenvalue weighted by Gasteiger charge is -2.21. The summed E-state index contributed by atoms with van der Waals surface area (Å²) >= 11 is 1.29. The molecule has 0 amide bonds. The molecule has 0 bridgehead atoms. The van der Waals surface area contributed by atoms with Crippen molar-refractivity contribution in [3.63, 3.8) is 0 Å². The molecule has 0 atom stereocenters. The second kappa shape index (κ2) is 9.32. The third-order valence-electron chi connectivity index (χ3n) is 10.3. The molecule has 1 heterocycles. The Hall–Kier alpha value is -5.38. The highest BCUT2D eigenvalue weighted by Crippen LogP contribution is 2.51. The Labute approximate surface area is 270 Å². The van der Waals surface area contributed by atoms with E-state index in [0.717, 1.165) is 16.4 Å². The molecule has 10 rings (SSSR count). The fourth-order valence-corrected chi connectivity index (χ4v) is 8.52. The first-order valence-electron chi connectivity index (χ1n) is 15.8. The zero-order chi connectivity index (χ0) is 30.6. The van der Waals surface area contributed by atoms with Gasteiger partial charge in [-0.05, 0) is 101 Å². The first-order valence-corrected chi connectivity index (χ1v) is 16.6. The molecule has 1 aliphatic rings. The van der Waals surface area contributed by atoms with E-state index in [1.807, 2.05) is 0 Å². The number of fused-ring (bicyclic) bond motifs is 12. The zero-order valence-electron chi connectivity index (χ0n) is 25.5. The van der Waals surface area contributed by atoms with Gasteiger partial charge < -0.3 is 0 Å². The summed E-state index contributed by atoms with van der Waals surface area (Å²) in [7, 11) is 0. The van der Waals surface area contributed by atoms with Crippen LogP contribution in [-0.2, 0) is 5.41 Å². The molecule has 2 nitrogen and oxygen atoms in total. The molecule has 8 aromatic carbocycles. The monoisotopic (exact) mass is 604 g/mol. The Morgan fingerprint density at radius 2 is 0.913 bits per heavy atom. The van der Waals surface area contributed by atoms with Gasteiger partial charge in [-0.2, -0.15) is 8.75 Å². The topological polar surface area (TPSA) is 25.8 Å². The van der Waals surface area contributed by atoms with E-state index in [-0.39, 0.29) is 5.41 Å². The van der Waals surface area contributed by atoms with Gasteiger partial charge in [-0.25, -0.2) is 0 Å². The lowest BCUT2D eigenvalue weighted by Crippen LogP contribution is -2.14. The van der Waals surface area contributed by atoms with Crippen LogP contribution in [0.25, 0.3) is 87.5 Å². The van der Waals surface area contributed by atoms with E-state index >= 15 is 0 Å². The Balaban J connectivity index is 1.12. The quantitative estimate of drug-likeness (QED) is 0.183. The molecule has 46 heavy (non-hydrogen) atoms. The molecule has 0 radical (unpaired) electrons. The largest absolute Gasteiger partial charge is 0.172 e. The van der Waals surface area contributed by atoms with Gasteiger partial charge in [-0.1, -0.05) is 123 Å². The van der Waals surface area contributed by atoms with E-state index in [0.29, 0.717) is 0 Å². The summed E-state index contributed by atoms with van der Waals surface area (Å²) in [6.07, 6.45) is 0. The van der Waals surface area contributed by atoms with Crippen molar-refractivity contribution in [1.29, 1.82) is 0 Å². The summed E-state index contributed by atoms with van der Waals surface area (Å²) in [4.78, 5) is 0. The van der Waals surface area contributed by atoms with E-state index in [1.54, 1.807) is 0 Å². The molecule has 0 unspecified atom stereocenters. The van der Waals surface area contributed by atoms with Gasteiger partial charge in [0.25, 0.3) is 0 Å². The van der Waals surface area contributed by atoms with Crippen LogP contribution in [0.3, 0.4) is 0 Å². The molecular weight excluding hydrogens is 577 g/mol. The van der Waals surface area contributed by atoms with Crippen molar-refractivity contribution in [1.82, 2.24) is 8.75 Å². The predicted octanol–water partition coefficient (Wildman–Crippen LogP) is 11.9. The second-order valence-corrected chi connectivity index (χ2v) is 13.7. The lowest BCUT2D eigenvalue weighted by molar-refractivity contribution is 0.660. The summed E-state index contributed by atoms with van der Waals surface area (Å²) < 4.78 is 9.42. The van der Waals surface area contributed by atoms with Gasteiger partial charge in [-0.15, -0.1) is 0 Å². The van der Waals surface area contributed by atoms with E-state index in [9.17, 15) is 0 Å². The Bertz CT molecular complexity index is 2730. The fourth-order valence-electron chi connectivity index (χ4n) is 7.94. The molecule has 216 valence electrons. The Kier molecular flexibility index (Phi) is 5.25. The van der Waals surface area contributed by atoms with Crippen molar-refractivity contribution in [3.8, 4) is 33.4 Å². The Morgan fingerprint density at radius 1 is 0.413 bits per heavy atom. The number of rotatable bonds is 2. The highest BCUT2D eigenvalue weighted by atomic mass is 32.1. The highest BCUT2D eigenvalue weighted by molar-refractivity contribution is 7.00. The molecule has 0 N–H and O–H groups in total. The first-order chi connectivity index (χ1) is 22.5. The summed E-state index contributed by atoms with van der Waals surface area (Å²) in [6.45, 7) is 4.70. The molecule has 9 aromatic rings. The highest BCUT2D eigenvalue weighted by Gasteiger charge is 2.35. The maximum atomic E-state index is 4.74. The number of hydrogen-bond acceptors (Lipinski definition) is 3. The van der Waals surface area contributed by atoms with Crippen LogP contribution in [0.4, 0.5) is 0 Å². The minimum Gasteiger partial charge on any atom is -0.172 e. The van der Waals surface area contributed by atoms with E-state index in [2.05, 4.69) is 152 Å². The first kappa shape index (κ1) is 25.9. The average Bonchev–Trinajstić information content (AvgIpc) is 3.69. The molecule has 0 spiro atoms. The van der Waals surface area contributed by atoms with E-state index < -0.39 is 0 Å². The van der Waals surface area contributed by atoms with E-state index in [1.165, 1.54) is 93.9 Å². The Morgan fingerprint density at radius 3 is 1.65 bits per heavy atom. The number of hydrogen-bond donors (Lipinski definition) is 0. The molecule has 3 heteroatoms. The summed E-state index contributed by atoms with van der Waals surface area (Å²) in [5, 5.41) is 9.93. The summed E-state index contributed by atoms with van der Waals surface area (Å²) in [6, 6.07) is 49.5. The SMILES string of the molecule is CC1(C)c2ccc(-c3ccc4c(ccc5ccccc54)c3)cc2-c2cc(-c3ccc4c5ccccc5c5nsnc5c4c3)ccc21. The molecule has 0 aliphatic heterocycles. The molecular formula is C43H28N2S. The predicted molar refractivity (Wildman–Crippen MR) is 196 cm³/mol. The van der Waals surface area contributed by atoms with Gasteiger partial charge >= 0.3 is 0 Å². The number of benzene rings is 8. The van der Waals surface area contributed by atoms with Gasteiger partial charge in [0.1, 0.15) is 11.0 Å². The van der Waals surface area contributed by atoms with Crippen LogP contribution < -0.4 is 0 Å². The van der Waals surface area contributed by atoms with Crippen molar-refractivity contribution in [3.05, 3.63) is 145 Å². The van der Waals surface area contributed by atoms with Crippen LogP contribution in [0, 0.1) is 0 Å². The van der Waals surface area contributed by atoms with Gasteiger partial charge in [0.2, 0.25) is 0 Å². The van der Waals surface area contributed by atoms with Crippen molar-refractivity contribution in [2.75, 3.05) is 0 Å². The normalized spacial score (nSPS) is 13.6. The lowest BCUT2D eigenvalue weighted by atomic mass is 9.82. The zero-order valence-corrected chi connectivity index (χ0v) is 26.3. The van der Waals surface area contributed by atoms with Gasteiger partial charge in [0, 0.05) is 16.2 Å². The molecule has 1 aromatic heterocycles. The number of aromatic nitrogens is 2. The van der Waals surface area contributed by atoms with Gasteiger partial charge in [0.05, 0.1) is 11.7 Å². The van der Waals surface area contributed by atoms with Crippen LogP contribution in [-0.4, -0.2) is 8.75 Å². The molecule has 0 saturated heterocycles. The van der Waals surface area contributed by atoms with Crippen LogP contribution >= 0.6 is 11.7 Å². The standard InChI is InChI=1S/C43H28N2S/c1-43(2)39-19-15-28(26-13-17-32-30(21-26)12-11-25-7-3-4-8-31(25)32)22-36(39)37-23-29(16-20-40(37)43)27-14-18-34-33-9-5-6-10-35(33)41-42(38(34)24-27)45-46-44-41/h3-24H,1-2H3. The van der Waals surface area contributed by atoms with E-state index in [4.69, 9.17) is 4.37 Å². The van der Waals surface area contributed by atoms with Crippen LogP contribution in [0.2, 0.25) is 0 Å². The molecule has 0 saturated carbocycles. The van der Waals surface area contributed by atoms with Crippen molar-refractivity contribution in [2.45, 2.75) is 19.3 Å². The third kappa shape index (κ3) is 3.58. The number of nitrogens with zero attached hydrogens (tertiary/aromatic N) is 2. The molecule has 1 aliphatic carbocycles. The van der Waals surface area contributed by atoms with Crippen molar-refractivity contribution in [2.24, 2.45) is 0 Å². The summed E-state index contributed by atoms with van der Waals surface area (Å²) in [5.41, 5.74) is 12.2. The van der Waals surface area contributed by atoms with Crippen LogP contribution in [0.15, 0.2) is 133 Å². The van der Waals surface area contributed by atoms with Crippen LogP contribution in [0.5, 0.6) is 0 Å². The van der Waals surface area contributed by atoms with Gasteiger partial charge in [-0.3, -0.25) is 0 Å². The van der Waals surface area contributed by atoms with Gasteiger partial charge in [0.15, 0.2) is 0 Å². The average molecular weight is 605 g/mol. The second-order valence-electron chi connectivity index (χ2n) is 13.1. The van der Waals surface area contributed by atoms with Crippen LogP contribution in [0.1, 0.15) is 25.0 Å². The maximum Gasteiger partial charge on any atom is 0.113 e. The van der Waals surface area contributed by atoms with Crippen molar-refractivity contribution >= 4 is 65.9 Å². The smallest absolute Gasteiger partial charge is 0.113 e.